The van der Waals surface area contributed by atoms with Crippen LogP contribution in [0, 0.1) is 12.8 Å². The highest BCUT2D eigenvalue weighted by molar-refractivity contribution is 5.35. The van der Waals surface area contributed by atoms with Gasteiger partial charge in [0.25, 0.3) is 0 Å². The molecule has 0 spiro atoms. The zero-order chi connectivity index (χ0) is 12.3. The van der Waals surface area contributed by atoms with E-state index in [4.69, 9.17) is 0 Å². The predicted octanol–water partition coefficient (Wildman–Crippen LogP) is 3.51. The highest BCUT2D eigenvalue weighted by Gasteiger charge is 2.24. The zero-order valence-corrected chi connectivity index (χ0v) is 11.2. The highest BCUT2D eigenvalue weighted by atomic mass is 15.0. The molecular weight excluding hydrogens is 210 g/mol. The van der Waals surface area contributed by atoms with Gasteiger partial charge in [-0.1, -0.05) is 26.2 Å². The lowest BCUT2D eigenvalue weighted by atomic mass is 9.80. The Bertz CT molecular complexity index is 376. The maximum absolute atomic E-state index is 4.62. The third kappa shape index (κ3) is 2.96. The van der Waals surface area contributed by atoms with Crippen molar-refractivity contribution in [2.75, 3.05) is 12.4 Å². The second-order valence-corrected chi connectivity index (χ2v) is 5.14. The molecule has 0 saturated heterocycles. The topological polar surface area (TPSA) is 37.8 Å². The van der Waals surface area contributed by atoms with Gasteiger partial charge in [0.15, 0.2) is 0 Å². The maximum Gasteiger partial charge on any atom is 0.134 e. The summed E-state index contributed by atoms with van der Waals surface area (Å²) in [5.74, 6) is 3.44. The first kappa shape index (κ1) is 12.3. The van der Waals surface area contributed by atoms with Crippen LogP contribution in [-0.2, 0) is 0 Å². The van der Waals surface area contributed by atoms with Crippen molar-refractivity contribution in [2.45, 2.75) is 51.9 Å². The van der Waals surface area contributed by atoms with Gasteiger partial charge < -0.3 is 5.32 Å². The van der Waals surface area contributed by atoms with E-state index in [2.05, 4.69) is 22.2 Å². The fourth-order valence-corrected chi connectivity index (χ4v) is 2.80. The van der Waals surface area contributed by atoms with Crippen molar-refractivity contribution in [3.05, 3.63) is 17.6 Å². The molecular formula is C14H23N3. The van der Waals surface area contributed by atoms with Gasteiger partial charge in [0.2, 0.25) is 0 Å². The monoisotopic (exact) mass is 233 g/mol. The van der Waals surface area contributed by atoms with Crippen LogP contribution in [0.1, 0.15) is 56.5 Å². The largest absolute Gasteiger partial charge is 0.373 e. The van der Waals surface area contributed by atoms with E-state index in [1.807, 2.05) is 20.0 Å². The Morgan fingerprint density at radius 1 is 1.35 bits per heavy atom. The quantitative estimate of drug-likeness (QED) is 0.868. The minimum absolute atomic E-state index is 0.570. The molecule has 1 fully saturated rings. The molecule has 0 aliphatic heterocycles. The van der Waals surface area contributed by atoms with Gasteiger partial charge in [0, 0.05) is 24.7 Å². The van der Waals surface area contributed by atoms with Crippen LogP contribution >= 0.6 is 0 Å². The highest BCUT2D eigenvalue weighted by Crippen LogP contribution is 2.36. The smallest absolute Gasteiger partial charge is 0.134 e. The molecule has 2 atom stereocenters. The molecule has 0 amide bonds. The molecule has 1 aliphatic carbocycles. The third-order valence-electron chi connectivity index (χ3n) is 3.85. The molecule has 1 saturated carbocycles. The Morgan fingerprint density at radius 3 is 2.88 bits per heavy atom. The summed E-state index contributed by atoms with van der Waals surface area (Å²) >= 11 is 0. The molecule has 1 heterocycles. The van der Waals surface area contributed by atoms with Crippen molar-refractivity contribution in [1.82, 2.24) is 9.97 Å². The Balaban J connectivity index is 2.18. The summed E-state index contributed by atoms with van der Waals surface area (Å²) in [5, 5.41) is 3.12. The number of aromatic nitrogens is 2. The van der Waals surface area contributed by atoms with Gasteiger partial charge in [0.05, 0.1) is 0 Å². The van der Waals surface area contributed by atoms with E-state index in [9.17, 15) is 0 Å². The standard InChI is InChI=1S/C14H23N3/c1-4-11-6-5-7-12(9-11)14-16-10(2)8-13(15-3)17-14/h8,11-12H,4-7,9H2,1-3H3,(H,15,16,17). The van der Waals surface area contributed by atoms with Crippen LogP contribution in [0.25, 0.3) is 0 Å². The van der Waals surface area contributed by atoms with E-state index in [-0.39, 0.29) is 0 Å². The normalized spacial score (nSPS) is 24.6. The van der Waals surface area contributed by atoms with Crippen LogP contribution in [0.2, 0.25) is 0 Å². The number of hydrogen-bond donors (Lipinski definition) is 1. The van der Waals surface area contributed by atoms with E-state index >= 15 is 0 Å². The van der Waals surface area contributed by atoms with Gasteiger partial charge in [-0.05, 0) is 25.7 Å². The molecule has 1 aromatic rings. The fraction of sp³-hybridized carbons (Fsp3) is 0.714. The predicted molar refractivity (Wildman–Crippen MR) is 71.3 cm³/mol. The van der Waals surface area contributed by atoms with Gasteiger partial charge in [-0.25, -0.2) is 9.97 Å². The van der Waals surface area contributed by atoms with Crippen molar-refractivity contribution in [3.63, 3.8) is 0 Å². The molecule has 3 nitrogen and oxygen atoms in total. The van der Waals surface area contributed by atoms with Crippen LogP contribution in [0.3, 0.4) is 0 Å². The molecule has 1 aromatic heterocycles. The number of hydrogen-bond acceptors (Lipinski definition) is 3. The summed E-state index contributed by atoms with van der Waals surface area (Å²) in [4.78, 5) is 9.25. The van der Waals surface area contributed by atoms with E-state index in [0.29, 0.717) is 5.92 Å². The fourth-order valence-electron chi connectivity index (χ4n) is 2.80. The molecule has 0 bridgehead atoms. The van der Waals surface area contributed by atoms with Gasteiger partial charge >= 0.3 is 0 Å². The maximum atomic E-state index is 4.62. The van der Waals surface area contributed by atoms with Crippen molar-refractivity contribution < 1.29 is 0 Å². The average Bonchev–Trinajstić information content (AvgIpc) is 2.38. The van der Waals surface area contributed by atoms with E-state index in [1.54, 1.807) is 0 Å². The number of nitrogens with zero attached hydrogens (tertiary/aromatic N) is 2. The first-order valence-electron chi connectivity index (χ1n) is 6.76. The van der Waals surface area contributed by atoms with E-state index in [0.717, 1.165) is 23.3 Å². The number of aryl methyl sites for hydroxylation is 1. The average molecular weight is 233 g/mol. The van der Waals surface area contributed by atoms with Crippen molar-refractivity contribution >= 4 is 5.82 Å². The van der Waals surface area contributed by atoms with Gasteiger partial charge in [-0.15, -0.1) is 0 Å². The molecule has 2 unspecified atom stereocenters. The van der Waals surface area contributed by atoms with Crippen LogP contribution in [0.4, 0.5) is 5.82 Å². The molecule has 0 aromatic carbocycles. The SMILES string of the molecule is CCC1CCCC(c2nc(C)cc(NC)n2)C1. The zero-order valence-electron chi connectivity index (χ0n) is 11.2. The molecule has 2 rings (SSSR count). The number of rotatable bonds is 3. The van der Waals surface area contributed by atoms with Gasteiger partial charge in [0.1, 0.15) is 11.6 Å². The summed E-state index contributed by atoms with van der Waals surface area (Å²) in [5.41, 5.74) is 1.07. The molecule has 1 N–H and O–H groups in total. The first-order chi connectivity index (χ1) is 8.22. The molecule has 17 heavy (non-hydrogen) atoms. The summed E-state index contributed by atoms with van der Waals surface area (Å²) in [7, 11) is 1.92. The number of anilines is 1. The Hall–Kier alpha value is -1.12. The third-order valence-corrected chi connectivity index (χ3v) is 3.85. The minimum Gasteiger partial charge on any atom is -0.373 e. The molecule has 1 aliphatic rings. The lowest BCUT2D eigenvalue weighted by Crippen LogP contribution is -2.16. The van der Waals surface area contributed by atoms with Crippen LogP contribution < -0.4 is 5.32 Å². The second kappa shape index (κ2) is 5.48. The minimum atomic E-state index is 0.570. The van der Waals surface area contributed by atoms with Crippen molar-refractivity contribution in [1.29, 1.82) is 0 Å². The summed E-state index contributed by atoms with van der Waals surface area (Å²) in [6, 6.07) is 2.00. The van der Waals surface area contributed by atoms with Crippen molar-refractivity contribution in [2.24, 2.45) is 5.92 Å². The first-order valence-corrected chi connectivity index (χ1v) is 6.76. The molecule has 0 radical (unpaired) electrons. The van der Waals surface area contributed by atoms with Crippen LogP contribution in [-0.4, -0.2) is 17.0 Å². The number of nitrogens with one attached hydrogen (secondary N) is 1. The van der Waals surface area contributed by atoms with E-state index < -0.39 is 0 Å². The molecule has 94 valence electrons. The summed E-state index contributed by atoms with van der Waals surface area (Å²) < 4.78 is 0. The Kier molecular flexibility index (Phi) is 3.97. The van der Waals surface area contributed by atoms with Gasteiger partial charge in [-0.2, -0.15) is 0 Å². The molecule has 3 heteroatoms. The Morgan fingerprint density at radius 2 is 2.18 bits per heavy atom. The van der Waals surface area contributed by atoms with E-state index in [1.165, 1.54) is 32.1 Å². The lowest BCUT2D eigenvalue weighted by molar-refractivity contribution is 0.307. The van der Waals surface area contributed by atoms with Crippen molar-refractivity contribution in [3.8, 4) is 0 Å². The van der Waals surface area contributed by atoms with Gasteiger partial charge in [-0.3, -0.25) is 0 Å². The summed E-state index contributed by atoms with van der Waals surface area (Å²) in [6.07, 6.45) is 6.53. The van der Waals surface area contributed by atoms with Crippen LogP contribution in [0.5, 0.6) is 0 Å². The van der Waals surface area contributed by atoms with Crippen LogP contribution in [0.15, 0.2) is 6.07 Å². The second-order valence-electron chi connectivity index (χ2n) is 5.14. The Labute approximate surface area is 104 Å². The summed E-state index contributed by atoms with van der Waals surface area (Å²) in [6.45, 7) is 4.34. The lowest BCUT2D eigenvalue weighted by Gasteiger charge is -2.27.